The number of aliphatic hydroxyl groups is 1. The van der Waals surface area contributed by atoms with Gasteiger partial charge < -0.3 is 10.0 Å². The fraction of sp³-hybridized carbons (Fsp3) is 0.412. The second-order valence-electron chi connectivity index (χ2n) is 5.76. The van der Waals surface area contributed by atoms with Crippen molar-refractivity contribution in [3.05, 3.63) is 52.0 Å². The fourth-order valence-electron chi connectivity index (χ4n) is 2.77. The lowest BCUT2D eigenvalue weighted by Gasteiger charge is -2.35. The fourth-order valence-corrected chi connectivity index (χ4v) is 3.52. The van der Waals surface area contributed by atoms with Gasteiger partial charge in [0.25, 0.3) is 5.91 Å². The van der Waals surface area contributed by atoms with Gasteiger partial charge in [0.1, 0.15) is 4.88 Å². The van der Waals surface area contributed by atoms with Gasteiger partial charge in [0.05, 0.1) is 17.3 Å². The molecule has 1 aromatic heterocycles. The normalized spacial score (nSPS) is 17.2. The van der Waals surface area contributed by atoms with Gasteiger partial charge in [-0.2, -0.15) is 0 Å². The summed E-state index contributed by atoms with van der Waals surface area (Å²) >= 11 is 1.44. The minimum absolute atomic E-state index is 0.0684. The van der Waals surface area contributed by atoms with Crippen LogP contribution in [0.1, 0.15) is 26.3 Å². The third kappa shape index (κ3) is 3.96. The first kappa shape index (κ1) is 16.1. The Morgan fingerprint density at radius 1 is 1.26 bits per heavy atom. The second-order valence-corrected chi connectivity index (χ2v) is 7.00. The van der Waals surface area contributed by atoms with Crippen LogP contribution in [-0.2, 0) is 0 Å². The van der Waals surface area contributed by atoms with E-state index in [1.807, 2.05) is 42.2 Å². The molecular weight excluding hydrogens is 310 g/mol. The summed E-state index contributed by atoms with van der Waals surface area (Å²) in [6.45, 7) is 5.46. The zero-order valence-electron chi connectivity index (χ0n) is 13.2. The molecule has 0 bridgehead atoms. The predicted molar refractivity (Wildman–Crippen MR) is 90.6 cm³/mol. The highest BCUT2D eigenvalue weighted by Crippen LogP contribution is 2.18. The molecule has 1 fully saturated rings. The maximum absolute atomic E-state index is 12.4. The molecular formula is C17H21N3O2S. The van der Waals surface area contributed by atoms with Gasteiger partial charge in [0, 0.05) is 32.7 Å². The minimum Gasteiger partial charge on any atom is -0.387 e. The molecule has 6 heteroatoms. The standard InChI is InChI=1S/C17H21N3O2S/c1-13-18-11-16(23-13)17(22)20-9-7-19(8-10-20)12-15(21)14-5-3-2-4-6-14/h2-6,11,15,21H,7-10,12H2,1H3. The molecule has 0 aliphatic carbocycles. The molecule has 0 spiro atoms. The minimum atomic E-state index is -0.484. The molecule has 1 aliphatic rings. The van der Waals surface area contributed by atoms with Crippen molar-refractivity contribution in [3.63, 3.8) is 0 Å². The molecule has 0 saturated carbocycles. The number of β-amino-alcohol motifs (C(OH)–C–C–N with tert-alkyl or cyclic N) is 1. The number of aryl methyl sites for hydroxylation is 1. The summed E-state index contributed by atoms with van der Waals surface area (Å²) in [6.07, 6.45) is 1.18. The lowest BCUT2D eigenvalue weighted by molar-refractivity contribution is 0.0531. The summed E-state index contributed by atoms with van der Waals surface area (Å²) in [5, 5.41) is 11.2. The van der Waals surface area contributed by atoms with Crippen LogP contribution >= 0.6 is 11.3 Å². The third-order valence-corrected chi connectivity index (χ3v) is 5.01. The van der Waals surface area contributed by atoms with Crippen LogP contribution < -0.4 is 0 Å². The molecule has 1 N–H and O–H groups in total. The smallest absolute Gasteiger partial charge is 0.265 e. The SMILES string of the molecule is Cc1ncc(C(=O)N2CCN(CC(O)c3ccccc3)CC2)s1. The quantitative estimate of drug-likeness (QED) is 0.930. The number of rotatable bonds is 4. The highest BCUT2D eigenvalue weighted by molar-refractivity contribution is 7.13. The molecule has 0 radical (unpaired) electrons. The van der Waals surface area contributed by atoms with Crippen LogP contribution in [-0.4, -0.2) is 58.5 Å². The van der Waals surface area contributed by atoms with E-state index in [1.54, 1.807) is 6.20 Å². The number of aliphatic hydroxyl groups excluding tert-OH is 1. The van der Waals surface area contributed by atoms with Crippen LogP contribution in [0, 0.1) is 6.92 Å². The highest BCUT2D eigenvalue weighted by Gasteiger charge is 2.24. The monoisotopic (exact) mass is 331 g/mol. The van der Waals surface area contributed by atoms with E-state index in [1.165, 1.54) is 11.3 Å². The Morgan fingerprint density at radius 2 is 1.96 bits per heavy atom. The summed E-state index contributed by atoms with van der Waals surface area (Å²) in [5.41, 5.74) is 0.936. The topological polar surface area (TPSA) is 56.7 Å². The van der Waals surface area contributed by atoms with Crippen molar-refractivity contribution >= 4 is 17.2 Å². The molecule has 3 rings (SSSR count). The van der Waals surface area contributed by atoms with Crippen molar-refractivity contribution < 1.29 is 9.90 Å². The van der Waals surface area contributed by atoms with E-state index in [-0.39, 0.29) is 5.91 Å². The number of carbonyl (C=O) groups excluding carboxylic acids is 1. The van der Waals surface area contributed by atoms with Crippen LogP contribution in [0.25, 0.3) is 0 Å². The van der Waals surface area contributed by atoms with Gasteiger partial charge in [-0.1, -0.05) is 30.3 Å². The van der Waals surface area contributed by atoms with Gasteiger partial charge in [0.15, 0.2) is 0 Å². The van der Waals surface area contributed by atoms with Crippen molar-refractivity contribution in [2.45, 2.75) is 13.0 Å². The van der Waals surface area contributed by atoms with Crippen LogP contribution in [0.3, 0.4) is 0 Å². The molecule has 23 heavy (non-hydrogen) atoms. The number of amides is 1. The molecule has 5 nitrogen and oxygen atoms in total. The molecule has 1 aliphatic heterocycles. The lowest BCUT2D eigenvalue weighted by Crippen LogP contribution is -2.49. The summed E-state index contributed by atoms with van der Waals surface area (Å²) < 4.78 is 0. The Hall–Kier alpha value is -1.76. The van der Waals surface area contributed by atoms with Crippen LogP contribution in [0.15, 0.2) is 36.5 Å². The maximum atomic E-state index is 12.4. The molecule has 2 aromatic rings. The Kier molecular flexibility index (Phi) is 5.05. The average Bonchev–Trinajstić information content (AvgIpc) is 3.02. The van der Waals surface area contributed by atoms with Gasteiger partial charge in [-0.3, -0.25) is 9.69 Å². The Balaban J connectivity index is 1.51. The Morgan fingerprint density at radius 3 is 2.57 bits per heavy atom. The van der Waals surface area contributed by atoms with Crippen molar-refractivity contribution in [1.82, 2.24) is 14.8 Å². The summed E-state index contributed by atoms with van der Waals surface area (Å²) in [4.78, 5) is 21.3. The van der Waals surface area contributed by atoms with Gasteiger partial charge >= 0.3 is 0 Å². The molecule has 2 heterocycles. The number of carbonyl (C=O) groups is 1. The van der Waals surface area contributed by atoms with E-state index >= 15 is 0 Å². The largest absolute Gasteiger partial charge is 0.387 e. The molecule has 1 amide bonds. The van der Waals surface area contributed by atoms with E-state index in [0.29, 0.717) is 24.5 Å². The van der Waals surface area contributed by atoms with Gasteiger partial charge in [-0.05, 0) is 12.5 Å². The van der Waals surface area contributed by atoms with E-state index < -0.39 is 6.10 Å². The van der Waals surface area contributed by atoms with Crippen LogP contribution in [0.2, 0.25) is 0 Å². The van der Waals surface area contributed by atoms with Crippen molar-refractivity contribution in [2.75, 3.05) is 32.7 Å². The molecule has 1 unspecified atom stereocenters. The van der Waals surface area contributed by atoms with Crippen molar-refractivity contribution in [3.8, 4) is 0 Å². The number of thiazole rings is 1. The maximum Gasteiger partial charge on any atom is 0.265 e. The molecule has 1 aromatic carbocycles. The zero-order chi connectivity index (χ0) is 16.2. The van der Waals surface area contributed by atoms with E-state index in [0.717, 1.165) is 23.7 Å². The molecule has 122 valence electrons. The lowest BCUT2D eigenvalue weighted by atomic mass is 10.1. The first-order chi connectivity index (χ1) is 11.1. The first-order valence-corrected chi connectivity index (χ1v) is 8.62. The summed E-state index contributed by atoms with van der Waals surface area (Å²) in [5.74, 6) is 0.0684. The van der Waals surface area contributed by atoms with Gasteiger partial charge in [-0.15, -0.1) is 11.3 Å². The van der Waals surface area contributed by atoms with E-state index in [2.05, 4.69) is 9.88 Å². The second kappa shape index (κ2) is 7.21. The van der Waals surface area contributed by atoms with Crippen molar-refractivity contribution in [2.24, 2.45) is 0 Å². The number of hydrogen-bond donors (Lipinski definition) is 1. The average molecular weight is 331 g/mol. The molecule has 1 saturated heterocycles. The summed E-state index contributed by atoms with van der Waals surface area (Å²) in [7, 11) is 0. The van der Waals surface area contributed by atoms with Crippen LogP contribution in [0.4, 0.5) is 0 Å². The van der Waals surface area contributed by atoms with Gasteiger partial charge in [0.2, 0.25) is 0 Å². The zero-order valence-corrected chi connectivity index (χ0v) is 14.0. The third-order valence-electron chi connectivity index (χ3n) is 4.11. The number of benzene rings is 1. The van der Waals surface area contributed by atoms with Crippen LogP contribution in [0.5, 0.6) is 0 Å². The van der Waals surface area contributed by atoms with E-state index in [4.69, 9.17) is 0 Å². The Bertz CT molecular complexity index is 651. The summed E-state index contributed by atoms with van der Waals surface area (Å²) in [6, 6.07) is 9.70. The number of nitrogens with zero attached hydrogens (tertiary/aromatic N) is 3. The number of aromatic nitrogens is 1. The predicted octanol–water partition coefficient (Wildman–Crippen LogP) is 1.94. The van der Waals surface area contributed by atoms with Crippen molar-refractivity contribution in [1.29, 1.82) is 0 Å². The Labute approximate surface area is 140 Å². The number of piperazine rings is 1. The van der Waals surface area contributed by atoms with Gasteiger partial charge in [-0.25, -0.2) is 4.98 Å². The first-order valence-electron chi connectivity index (χ1n) is 7.80. The van der Waals surface area contributed by atoms with E-state index in [9.17, 15) is 9.90 Å². The molecule has 1 atom stereocenters. The highest BCUT2D eigenvalue weighted by atomic mass is 32.1. The number of hydrogen-bond acceptors (Lipinski definition) is 5.